The maximum Gasteiger partial charge on any atom is 0.417 e. The lowest BCUT2D eigenvalue weighted by Gasteiger charge is -2.30. The lowest BCUT2D eigenvalue weighted by molar-refractivity contribution is -0.152. The molecule has 3 rings (SSSR count). The van der Waals surface area contributed by atoms with Crippen LogP contribution in [0, 0.1) is 5.92 Å². The minimum atomic E-state index is -4.50. The maximum absolute atomic E-state index is 12.6. The van der Waals surface area contributed by atoms with Crippen LogP contribution in [0.2, 0.25) is 0 Å². The number of ketones is 1. The number of amides is 2. The van der Waals surface area contributed by atoms with Gasteiger partial charge in [-0.3, -0.25) is 19.2 Å². The Bertz CT molecular complexity index is 1050. The third-order valence-corrected chi connectivity index (χ3v) is 4.77. The van der Waals surface area contributed by atoms with Crippen molar-refractivity contribution in [3.63, 3.8) is 0 Å². The molecular formula is C21H18F3N3O6. The molecule has 1 fully saturated rings. The molecule has 174 valence electrons. The first kappa shape index (κ1) is 23.7. The molecule has 1 aliphatic heterocycles. The monoisotopic (exact) mass is 465 g/mol. The van der Waals surface area contributed by atoms with Crippen LogP contribution in [-0.4, -0.2) is 51.6 Å². The fourth-order valence-electron chi connectivity index (χ4n) is 3.11. The Balaban J connectivity index is 1.62. The zero-order chi connectivity index (χ0) is 24.2. The fraction of sp³-hybridized carbons (Fsp3) is 0.286. The van der Waals surface area contributed by atoms with Crippen molar-refractivity contribution in [1.29, 1.82) is 0 Å². The van der Waals surface area contributed by atoms with Crippen molar-refractivity contribution < 1.29 is 42.2 Å². The minimum absolute atomic E-state index is 0.0318. The Morgan fingerprint density at radius 1 is 1.15 bits per heavy atom. The third-order valence-electron chi connectivity index (χ3n) is 4.77. The number of carbonyl (C=O) groups is 4. The number of hydrogen-bond acceptors (Lipinski definition) is 6. The number of carbonyl (C=O) groups excluding carboxylic acids is 3. The number of benzene rings is 1. The van der Waals surface area contributed by atoms with E-state index in [1.807, 2.05) is 5.32 Å². The molecule has 0 saturated carbocycles. The van der Waals surface area contributed by atoms with Gasteiger partial charge < -0.3 is 20.1 Å². The van der Waals surface area contributed by atoms with Crippen LogP contribution in [0.25, 0.3) is 0 Å². The molecule has 1 saturated heterocycles. The van der Waals surface area contributed by atoms with Gasteiger partial charge in [-0.2, -0.15) is 13.2 Å². The number of piperidine rings is 1. The predicted octanol–water partition coefficient (Wildman–Crippen LogP) is 2.01. The van der Waals surface area contributed by atoms with Gasteiger partial charge in [0, 0.05) is 31.8 Å². The molecular weight excluding hydrogens is 447 g/mol. The number of nitrogens with one attached hydrogen (secondary N) is 1. The van der Waals surface area contributed by atoms with Crippen molar-refractivity contribution in [1.82, 2.24) is 15.2 Å². The molecule has 2 amide bonds. The summed E-state index contributed by atoms with van der Waals surface area (Å²) < 4.78 is 43.2. The van der Waals surface area contributed by atoms with E-state index >= 15 is 0 Å². The summed E-state index contributed by atoms with van der Waals surface area (Å²) in [7, 11) is 0. The molecule has 2 heterocycles. The highest BCUT2D eigenvalue weighted by Gasteiger charge is 2.40. The number of rotatable bonds is 7. The number of aliphatic carboxylic acids is 1. The number of nitrogens with zero attached hydrogens (tertiary/aromatic N) is 2. The molecule has 9 nitrogen and oxygen atoms in total. The van der Waals surface area contributed by atoms with Gasteiger partial charge in [0.05, 0.1) is 5.56 Å². The highest BCUT2D eigenvalue weighted by atomic mass is 19.4. The smallest absolute Gasteiger partial charge is 0.417 e. The molecule has 0 bridgehead atoms. The average Bonchev–Trinajstić information content (AvgIpc) is 2.75. The molecule has 33 heavy (non-hydrogen) atoms. The van der Waals surface area contributed by atoms with Crippen LogP contribution in [0.15, 0.2) is 42.6 Å². The van der Waals surface area contributed by atoms with Gasteiger partial charge in [-0.05, 0) is 23.8 Å². The number of aromatic nitrogens is 1. The Hall–Kier alpha value is -3.96. The summed E-state index contributed by atoms with van der Waals surface area (Å²) in [6.07, 6.45) is -3.88. The highest BCUT2D eigenvalue weighted by Crippen LogP contribution is 2.30. The van der Waals surface area contributed by atoms with Crippen molar-refractivity contribution in [3.8, 4) is 11.6 Å². The van der Waals surface area contributed by atoms with Crippen LogP contribution >= 0.6 is 0 Å². The summed E-state index contributed by atoms with van der Waals surface area (Å²) in [5.41, 5.74) is -0.250. The summed E-state index contributed by atoms with van der Waals surface area (Å²) in [5, 5.41) is 10.7. The number of alkyl halides is 3. The third kappa shape index (κ3) is 6.05. The van der Waals surface area contributed by atoms with Crippen LogP contribution in [0.4, 0.5) is 13.2 Å². The van der Waals surface area contributed by atoms with Gasteiger partial charge in [-0.15, -0.1) is 0 Å². The molecule has 0 aliphatic carbocycles. The second kappa shape index (κ2) is 9.67. The first-order chi connectivity index (χ1) is 15.5. The van der Waals surface area contributed by atoms with Crippen molar-refractivity contribution in [2.45, 2.75) is 19.1 Å². The van der Waals surface area contributed by atoms with Gasteiger partial charge in [0.1, 0.15) is 12.3 Å². The number of ether oxygens (including phenoxy) is 1. The standard InChI is InChI=1S/C21H18F3N3O6/c22-21(23,24)13-3-6-16(25-9-13)33-14-4-1-12(2-5-14)11-27-8-7-15(28)18(20(27)32)19(31)26-10-17(29)30/h1-6,9,18H,7-8,10-11H2,(H,26,31)(H,29,30). The van der Waals surface area contributed by atoms with Gasteiger partial charge in [-0.1, -0.05) is 12.1 Å². The first-order valence-electron chi connectivity index (χ1n) is 9.65. The molecule has 0 radical (unpaired) electrons. The molecule has 12 heteroatoms. The zero-order valence-electron chi connectivity index (χ0n) is 17.0. The Morgan fingerprint density at radius 3 is 2.42 bits per heavy atom. The second-order valence-corrected chi connectivity index (χ2v) is 7.15. The number of Topliss-reactive ketones (excluding diaryl/α,β-unsaturated/α-hetero) is 1. The van der Waals surface area contributed by atoms with E-state index in [0.717, 1.165) is 12.1 Å². The van der Waals surface area contributed by atoms with E-state index < -0.39 is 47.8 Å². The Morgan fingerprint density at radius 2 is 1.85 bits per heavy atom. The molecule has 2 aromatic rings. The normalized spacial score (nSPS) is 16.5. The number of hydrogen-bond donors (Lipinski definition) is 2. The summed E-state index contributed by atoms with van der Waals surface area (Å²) in [4.78, 5) is 52.3. The molecule has 1 aromatic heterocycles. The largest absolute Gasteiger partial charge is 0.480 e. The van der Waals surface area contributed by atoms with Gasteiger partial charge in [0.15, 0.2) is 11.7 Å². The van der Waals surface area contributed by atoms with Crippen LogP contribution in [-0.2, 0) is 31.9 Å². The van der Waals surface area contributed by atoms with Gasteiger partial charge in [0.25, 0.3) is 0 Å². The summed E-state index contributed by atoms with van der Waals surface area (Å²) in [6, 6.07) is 8.24. The molecule has 1 atom stereocenters. The number of halogens is 3. The van der Waals surface area contributed by atoms with E-state index in [0.29, 0.717) is 17.5 Å². The zero-order valence-corrected chi connectivity index (χ0v) is 17.0. The highest BCUT2D eigenvalue weighted by molar-refractivity contribution is 6.19. The Labute approximate surface area is 185 Å². The fourth-order valence-corrected chi connectivity index (χ4v) is 3.11. The van der Waals surface area contributed by atoms with Gasteiger partial charge >= 0.3 is 12.1 Å². The molecule has 1 aromatic carbocycles. The minimum Gasteiger partial charge on any atom is -0.480 e. The van der Waals surface area contributed by atoms with Gasteiger partial charge in [0.2, 0.25) is 17.7 Å². The van der Waals surface area contributed by atoms with E-state index in [9.17, 15) is 32.3 Å². The molecule has 2 N–H and O–H groups in total. The van der Waals surface area contributed by atoms with Crippen LogP contribution < -0.4 is 10.1 Å². The van der Waals surface area contributed by atoms with Crippen molar-refractivity contribution >= 4 is 23.6 Å². The number of carboxylic acid groups (broad SMARTS) is 1. The predicted molar refractivity (Wildman–Crippen MR) is 105 cm³/mol. The van der Waals surface area contributed by atoms with E-state index in [1.54, 1.807) is 12.1 Å². The number of pyridine rings is 1. The van der Waals surface area contributed by atoms with Crippen molar-refractivity contribution in [2.75, 3.05) is 13.1 Å². The van der Waals surface area contributed by atoms with Crippen molar-refractivity contribution in [3.05, 3.63) is 53.7 Å². The van der Waals surface area contributed by atoms with Crippen molar-refractivity contribution in [2.24, 2.45) is 5.92 Å². The summed E-state index contributed by atoms with van der Waals surface area (Å²) in [5.74, 6) is -4.87. The first-order valence-corrected chi connectivity index (χ1v) is 9.65. The maximum atomic E-state index is 12.6. The lowest BCUT2D eigenvalue weighted by atomic mass is 9.94. The number of likely N-dealkylation sites (tertiary alicyclic amines) is 1. The van der Waals surface area contributed by atoms with E-state index in [4.69, 9.17) is 9.84 Å². The second-order valence-electron chi connectivity index (χ2n) is 7.15. The van der Waals surface area contributed by atoms with E-state index in [1.165, 1.54) is 17.0 Å². The molecule has 1 unspecified atom stereocenters. The van der Waals surface area contributed by atoms with E-state index in [2.05, 4.69) is 4.98 Å². The lowest BCUT2D eigenvalue weighted by Crippen LogP contribution is -2.52. The Kier molecular flexibility index (Phi) is 6.95. The average molecular weight is 465 g/mol. The van der Waals surface area contributed by atoms with Crippen LogP contribution in [0.3, 0.4) is 0 Å². The summed E-state index contributed by atoms with van der Waals surface area (Å²) >= 11 is 0. The van der Waals surface area contributed by atoms with Crippen LogP contribution in [0.5, 0.6) is 11.6 Å². The summed E-state index contributed by atoms with van der Waals surface area (Å²) in [6.45, 7) is -0.507. The van der Waals surface area contributed by atoms with Crippen LogP contribution in [0.1, 0.15) is 17.5 Å². The van der Waals surface area contributed by atoms with E-state index in [-0.39, 0.29) is 25.4 Å². The molecule has 0 spiro atoms. The quantitative estimate of drug-likeness (QED) is 0.599. The van der Waals surface area contributed by atoms with Gasteiger partial charge in [-0.25, -0.2) is 4.98 Å². The number of carboxylic acids is 1. The topological polar surface area (TPSA) is 126 Å². The SMILES string of the molecule is O=C(O)CNC(=O)C1C(=O)CCN(Cc2ccc(Oc3ccc(C(F)(F)F)cn3)cc2)C1=O. The molecule has 1 aliphatic rings.